The molecular weight excluding hydrogens is 332 g/mol. The highest BCUT2D eigenvalue weighted by Crippen LogP contribution is 2.28. The van der Waals surface area contributed by atoms with Crippen molar-refractivity contribution in [3.63, 3.8) is 0 Å². The predicted octanol–water partition coefficient (Wildman–Crippen LogP) is 6.48. The minimum Gasteiger partial charge on any atom is -0.455 e. The van der Waals surface area contributed by atoms with E-state index >= 15 is 0 Å². The van der Waals surface area contributed by atoms with Crippen molar-refractivity contribution in [3.05, 3.63) is 93.2 Å². The normalized spacial score (nSPS) is 10.7. The molecule has 2 nitrogen and oxygen atoms in total. The molecule has 2 heteroatoms. The van der Waals surface area contributed by atoms with Crippen LogP contribution in [0.25, 0.3) is 22.3 Å². The van der Waals surface area contributed by atoms with Gasteiger partial charge in [-0.15, -0.1) is 0 Å². The molecule has 0 aliphatic rings. The first-order valence-electron chi connectivity index (χ1n) is 9.37. The van der Waals surface area contributed by atoms with Crippen LogP contribution in [0.15, 0.2) is 81.0 Å². The van der Waals surface area contributed by atoms with Gasteiger partial charge in [-0.25, -0.2) is 0 Å². The van der Waals surface area contributed by atoms with Crippen molar-refractivity contribution in [1.82, 2.24) is 0 Å². The van der Waals surface area contributed by atoms with Crippen molar-refractivity contribution in [1.29, 1.82) is 0 Å². The van der Waals surface area contributed by atoms with Crippen molar-refractivity contribution >= 4 is 11.0 Å². The third-order valence-corrected chi connectivity index (χ3v) is 4.57. The highest BCUT2D eigenvalue weighted by Gasteiger charge is 2.16. The smallest absolute Gasteiger partial charge is 0.196 e. The zero-order valence-electron chi connectivity index (χ0n) is 16.5. The highest BCUT2D eigenvalue weighted by molar-refractivity contribution is 5.83. The average Bonchev–Trinajstić information content (AvgIpc) is 2.66. The Morgan fingerprint density at radius 2 is 1.52 bits per heavy atom. The summed E-state index contributed by atoms with van der Waals surface area (Å²) < 4.78 is 6.40. The third kappa shape index (κ3) is 4.28. The lowest BCUT2D eigenvalue weighted by molar-refractivity contribution is 0.608. The fraction of sp³-hybridized carbons (Fsp3) is 0.240. The van der Waals surface area contributed by atoms with Gasteiger partial charge in [0.15, 0.2) is 5.43 Å². The van der Waals surface area contributed by atoms with Crippen LogP contribution in [-0.4, -0.2) is 0 Å². The fourth-order valence-electron chi connectivity index (χ4n) is 3.10. The van der Waals surface area contributed by atoms with Crippen molar-refractivity contribution in [2.24, 2.45) is 0 Å². The van der Waals surface area contributed by atoms with Crippen LogP contribution in [0.5, 0.6) is 0 Å². The second kappa shape index (κ2) is 8.22. The van der Waals surface area contributed by atoms with Crippen molar-refractivity contribution in [2.45, 2.75) is 40.5 Å². The Morgan fingerprint density at radius 1 is 0.852 bits per heavy atom. The summed E-state index contributed by atoms with van der Waals surface area (Å²) >= 11 is 0. The maximum absolute atomic E-state index is 13.3. The molecule has 0 unspecified atom stereocenters. The van der Waals surface area contributed by atoms with Crippen molar-refractivity contribution in [3.8, 4) is 11.3 Å². The fourth-order valence-corrected chi connectivity index (χ4v) is 3.10. The summed E-state index contributed by atoms with van der Waals surface area (Å²) in [5.74, 6) is 0.676. The van der Waals surface area contributed by atoms with E-state index in [1.165, 1.54) is 11.1 Å². The zero-order valence-corrected chi connectivity index (χ0v) is 16.5. The van der Waals surface area contributed by atoms with Gasteiger partial charge >= 0.3 is 0 Å². The molecule has 0 fully saturated rings. The molecule has 0 spiro atoms. The summed E-state index contributed by atoms with van der Waals surface area (Å²) in [6.45, 7) is 8.24. The maximum Gasteiger partial charge on any atom is 0.196 e. The number of benzene rings is 2. The van der Waals surface area contributed by atoms with E-state index in [4.69, 9.17) is 4.42 Å². The van der Waals surface area contributed by atoms with E-state index in [0.717, 1.165) is 17.5 Å². The van der Waals surface area contributed by atoms with E-state index in [1.54, 1.807) is 0 Å². The molecule has 0 aliphatic carbocycles. The van der Waals surface area contributed by atoms with Gasteiger partial charge in [0.1, 0.15) is 11.3 Å². The first kappa shape index (κ1) is 18.9. The number of hydrogen-bond donors (Lipinski definition) is 0. The molecule has 1 heterocycles. The molecule has 0 aliphatic heterocycles. The molecular formula is C25H26O2. The molecule has 3 aromatic rings. The van der Waals surface area contributed by atoms with Crippen LogP contribution in [0.1, 0.15) is 38.8 Å². The summed E-state index contributed by atoms with van der Waals surface area (Å²) in [6, 6.07) is 15.8. The average molecular weight is 358 g/mol. The molecule has 0 bridgehead atoms. The third-order valence-electron chi connectivity index (χ3n) is 4.57. The first-order chi connectivity index (χ1) is 13.0. The molecule has 0 saturated heterocycles. The molecule has 0 N–H and O–H groups in total. The Hall–Kier alpha value is -2.87. The molecule has 138 valence electrons. The lowest BCUT2D eigenvalue weighted by Gasteiger charge is -2.11. The summed E-state index contributed by atoms with van der Waals surface area (Å²) in [4.78, 5) is 13.3. The van der Waals surface area contributed by atoms with Gasteiger partial charge in [-0.2, -0.15) is 0 Å². The summed E-state index contributed by atoms with van der Waals surface area (Å²) in [6.07, 6.45) is 5.57. The van der Waals surface area contributed by atoms with Gasteiger partial charge in [-0.1, -0.05) is 65.8 Å². The largest absolute Gasteiger partial charge is 0.455 e. The Labute approximate surface area is 160 Å². The Balaban J connectivity index is 2.30. The Kier molecular flexibility index (Phi) is 5.75. The predicted molar refractivity (Wildman–Crippen MR) is 114 cm³/mol. The van der Waals surface area contributed by atoms with Gasteiger partial charge in [-0.3, -0.25) is 4.79 Å². The van der Waals surface area contributed by atoms with Gasteiger partial charge in [0.2, 0.25) is 0 Å². The van der Waals surface area contributed by atoms with Crippen LogP contribution < -0.4 is 5.43 Å². The van der Waals surface area contributed by atoms with Crippen molar-refractivity contribution in [2.75, 3.05) is 0 Å². The molecule has 1 aromatic heterocycles. The zero-order chi connectivity index (χ0) is 19.4. The summed E-state index contributed by atoms with van der Waals surface area (Å²) in [5.41, 5.74) is 5.88. The van der Waals surface area contributed by atoms with E-state index in [9.17, 15) is 4.79 Å². The number of para-hydroxylation sites is 1. The van der Waals surface area contributed by atoms with Crippen molar-refractivity contribution < 1.29 is 4.42 Å². The lowest BCUT2D eigenvalue weighted by Crippen LogP contribution is -2.11. The van der Waals surface area contributed by atoms with Gasteiger partial charge in [-0.05, 0) is 52.2 Å². The number of rotatable bonds is 5. The Bertz CT molecular complexity index is 1060. The molecule has 0 amide bonds. The highest BCUT2D eigenvalue weighted by atomic mass is 16.3. The van der Waals surface area contributed by atoms with E-state index in [-0.39, 0.29) is 5.43 Å². The van der Waals surface area contributed by atoms with Crippen LogP contribution in [0.2, 0.25) is 0 Å². The maximum atomic E-state index is 13.3. The molecule has 2 aromatic carbocycles. The van der Waals surface area contributed by atoms with Gasteiger partial charge in [0, 0.05) is 11.1 Å². The van der Waals surface area contributed by atoms with Crippen LogP contribution in [0.3, 0.4) is 0 Å². The topological polar surface area (TPSA) is 30.2 Å². The quantitative estimate of drug-likeness (QED) is 0.489. The molecule has 27 heavy (non-hydrogen) atoms. The minimum atomic E-state index is 0.0617. The van der Waals surface area contributed by atoms with E-state index in [0.29, 0.717) is 28.7 Å². The van der Waals surface area contributed by atoms with Crippen LogP contribution in [-0.2, 0) is 12.8 Å². The second-order valence-electron chi connectivity index (χ2n) is 7.37. The van der Waals surface area contributed by atoms with E-state index in [1.807, 2.05) is 62.4 Å². The summed E-state index contributed by atoms with van der Waals surface area (Å²) in [7, 11) is 0. The summed E-state index contributed by atoms with van der Waals surface area (Å²) in [5, 5.41) is 0.659. The number of hydrogen-bond acceptors (Lipinski definition) is 2. The van der Waals surface area contributed by atoms with Gasteiger partial charge in [0.25, 0.3) is 0 Å². The minimum absolute atomic E-state index is 0.0617. The molecule has 0 atom stereocenters. The van der Waals surface area contributed by atoms with Crippen LogP contribution in [0, 0.1) is 0 Å². The van der Waals surface area contributed by atoms with E-state index in [2.05, 4.69) is 26.0 Å². The van der Waals surface area contributed by atoms with Gasteiger partial charge in [0.05, 0.1) is 5.39 Å². The van der Waals surface area contributed by atoms with Crippen LogP contribution in [0.4, 0.5) is 0 Å². The number of fused-ring (bicyclic) bond motifs is 1. The lowest BCUT2D eigenvalue weighted by atomic mass is 9.99. The molecule has 0 saturated carbocycles. The SMILES string of the molecule is CC(C)=CCc1c(-c2ccccc2)oc2c(CC=C(C)C)cccc2c1=O. The molecule has 0 radical (unpaired) electrons. The van der Waals surface area contributed by atoms with E-state index < -0.39 is 0 Å². The standard InChI is InChI=1S/C25H26O2/c1-17(2)13-15-20-11-8-12-21-23(26)22(16-14-18(3)4)24(27-25(20)21)19-9-6-5-7-10-19/h5-14H,15-16H2,1-4H3. The van der Waals surface area contributed by atoms with Gasteiger partial charge < -0.3 is 4.42 Å². The first-order valence-corrected chi connectivity index (χ1v) is 9.37. The monoisotopic (exact) mass is 358 g/mol. The molecule has 3 rings (SSSR count). The van der Waals surface area contributed by atoms with Crippen LogP contribution >= 0.6 is 0 Å². The second-order valence-corrected chi connectivity index (χ2v) is 7.37. The Morgan fingerprint density at radius 3 is 2.19 bits per heavy atom. The number of allylic oxidation sites excluding steroid dienone is 4.